The number of ether oxygens (including phenoxy) is 1. The van der Waals surface area contributed by atoms with E-state index in [-0.39, 0.29) is 16.9 Å². The Balaban J connectivity index is 2.78. The molecule has 16 heavy (non-hydrogen) atoms. The largest absolute Gasteiger partial charge is 0.424 e. The summed E-state index contributed by atoms with van der Waals surface area (Å²) in [6, 6.07) is 0. The van der Waals surface area contributed by atoms with Gasteiger partial charge in [-0.3, -0.25) is 0 Å². The zero-order chi connectivity index (χ0) is 12.2. The van der Waals surface area contributed by atoms with Crippen LogP contribution >= 0.6 is 0 Å². The summed E-state index contributed by atoms with van der Waals surface area (Å²) in [6.07, 6.45) is 5.46. The number of isocyanates is 1. The Bertz CT molecular complexity index is 339. The number of aliphatic imine (C=N–C) groups is 1. The van der Waals surface area contributed by atoms with Gasteiger partial charge in [0.2, 0.25) is 6.08 Å². The second-order valence-corrected chi connectivity index (χ2v) is 5.46. The van der Waals surface area contributed by atoms with Gasteiger partial charge >= 0.3 is 0 Å². The fourth-order valence-electron chi connectivity index (χ4n) is 2.79. The fourth-order valence-corrected chi connectivity index (χ4v) is 2.79. The quantitative estimate of drug-likeness (QED) is 0.417. The molecule has 86 valence electrons. The molecular formula is C12H16N2O2. The van der Waals surface area contributed by atoms with Crippen LogP contribution in [0.1, 0.15) is 40.0 Å². The third kappa shape index (κ3) is 3.36. The predicted molar refractivity (Wildman–Crippen MR) is 57.6 cm³/mol. The Morgan fingerprint density at radius 1 is 1.38 bits per heavy atom. The highest BCUT2D eigenvalue weighted by atomic mass is 16.5. The van der Waals surface area contributed by atoms with Crippen LogP contribution in [0.2, 0.25) is 0 Å². The summed E-state index contributed by atoms with van der Waals surface area (Å²) >= 11 is 0. The van der Waals surface area contributed by atoms with E-state index in [9.17, 15) is 4.79 Å². The van der Waals surface area contributed by atoms with Gasteiger partial charge in [-0.05, 0) is 24.7 Å². The van der Waals surface area contributed by atoms with Crippen molar-refractivity contribution in [3.8, 4) is 6.26 Å². The number of hydrogen-bond acceptors (Lipinski definition) is 4. The van der Waals surface area contributed by atoms with Crippen molar-refractivity contribution in [2.45, 2.75) is 46.1 Å². The number of carbonyl (C=O) groups excluding carboxylic acids is 1. The van der Waals surface area contributed by atoms with Crippen LogP contribution in [0, 0.1) is 28.9 Å². The molecule has 4 nitrogen and oxygen atoms in total. The Kier molecular flexibility index (Phi) is 3.72. The molecule has 2 atom stereocenters. The summed E-state index contributed by atoms with van der Waals surface area (Å²) < 4.78 is 5.02. The van der Waals surface area contributed by atoms with E-state index in [2.05, 4.69) is 25.4 Å². The van der Waals surface area contributed by atoms with Gasteiger partial charge in [-0.1, -0.05) is 20.8 Å². The molecule has 0 N–H and O–H groups in total. The van der Waals surface area contributed by atoms with E-state index in [4.69, 9.17) is 10.00 Å². The van der Waals surface area contributed by atoms with Crippen molar-refractivity contribution in [2.24, 2.45) is 15.8 Å². The molecule has 2 unspecified atom stereocenters. The summed E-state index contributed by atoms with van der Waals surface area (Å²) in [6.45, 7) is 9.01. The average molecular weight is 220 g/mol. The van der Waals surface area contributed by atoms with E-state index in [1.807, 2.05) is 6.92 Å². The van der Waals surface area contributed by atoms with E-state index in [1.165, 1.54) is 6.08 Å². The standard InChI is InChI=1S/C12H16N2O2/c1-11(2)4-10(16-8-13)5-12(3,6-11)7-14-9-15/h10H,4-6H2,1-3H3. The molecule has 2 radical (unpaired) electrons. The molecule has 0 heterocycles. The summed E-state index contributed by atoms with van der Waals surface area (Å²) in [4.78, 5) is 13.6. The molecule has 0 amide bonds. The van der Waals surface area contributed by atoms with Gasteiger partial charge in [0.25, 0.3) is 6.26 Å². The van der Waals surface area contributed by atoms with E-state index < -0.39 is 0 Å². The van der Waals surface area contributed by atoms with Gasteiger partial charge in [0, 0.05) is 5.41 Å². The Labute approximate surface area is 96.3 Å². The molecule has 0 aromatic carbocycles. The molecule has 1 aliphatic rings. The number of rotatable bonds is 3. The number of nitriles is 1. The van der Waals surface area contributed by atoms with E-state index in [0.29, 0.717) is 6.42 Å². The van der Waals surface area contributed by atoms with E-state index in [1.54, 1.807) is 6.26 Å². The maximum absolute atomic E-state index is 10.1. The van der Waals surface area contributed by atoms with Gasteiger partial charge in [-0.25, -0.2) is 4.79 Å². The lowest BCUT2D eigenvalue weighted by Crippen LogP contribution is -2.39. The molecule has 1 aliphatic carbocycles. The molecule has 1 fully saturated rings. The normalized spacial score (nSPS) is 32.2. The van der Waals surface area contributed by atoms with Gasteiger partial charge in [0.05, 0.1) is 0 Å². The summed E-state index contributed by atoms with van der Waals surface area (Å²) in [7, 11) is 0. The highest BCUT2D eigenvalue weighted by Crippen LogP contribution is 2.48. The maximum Gasteiger partial charge on any atom is 0.286 e. The van der Waals surface area contributed by atoms with Crippen LogP contribution in [0.5, 0.6) is 0 Å². The maximum atomic E-state index is 10.1. The molecule has 0 bridgehead atoms. The Morgan fingerprint density at radius 3 is 2.62 bits per heavy atom. The van der Waals surface area contributed by atoms with Gasteiger partial charge in [-0.2, -0.15) is 10.3 Å². The SMILES string of the molecule is CC1(C)CC(OC#N)CC(C)([C]N=C=O)C1. The fraction of sp³-hybridized carbons (Fsp3) is 0.750. The molecule has 0 aromatic rings. The molecule has 0 spiro atoms. The number of nitrogens with zero attached hydrogens (tertiary/aromatic N) is 2. The molecule has 0 saturated heterocycles. The first-order valence-corrected chi connectivity index (χ1v) is 5.30. The van der Waals surface area contributed by atoms with Crippen LogP contribution in [-0.4, -0.2) is 12.2 Å². The predicted octanol–water partition coefficient (Wildman–Crippen LogP) is 2.44. The minimum Gasteiger partial charge on any atom is -0.424 e. The van der Waals surface area contributed by atoms with Crippen LogP contribution in [0.15, 0.2) is 4.99 Å². The van der Waals surface area contributed by atoms with Crippen LogP contribution < -0.4 is 0 Å². The summed E-state index contributed by atoms with van der Waals surface area (Å²) in [5, 5.41) is 8.56. The highest BCUT2D eigenvalue weighted by molar-refractivity contribution is 5.34. The zero-order valence-electron chi connectivity index (χ0n) is 9.91. The van der Waals surface area contributed by atoms with Crippen molar-refractivity contribution < 1.29 is 9.53 Å². The van der Waals surface area contributed by atoms with Crippen molar-refractivity contribution >= 4 is 6.08 Å². The molecular weight excluding hydrogens is 204 g/mol. The van der Waals surface area contributed by atoms with Crippen molar-refractivity contribution in [1.29, 1.82) is 5.26 Å². The first-order valence-electron chi connectivity index (χ1n) is 5.30. The zero-order valence-corrected chi connectivity index (χ0v) is 9.91. The van der Waals surface area contributed by atoms with Gasteiger partial charge in [-0.15, -0.1) is 0 Å². The lowest BCUT2D eigenvalue weighted by atomic mass is 9.63. The minimum absolute atomic E-state index is 0.0555. The summed E-state index contributed by atoms with van der Waals surface area (Å²) in [5.74, 6) is 0. The van der Waals surface area contributed by atoms with Crippen molar-refractivity contribution in [3.05, 3.63) is 6.54 Å². The third-order valence-corrected chi connectivity index (χ3v) is 2.92. The van der Waals surface area contributed by atoms with Gasteiger partial charge < -0.3 is 4.74 Å². The molecule has 1 rings (SSSR count). The van der Waals surface area contributed by atoms with E-state index in [0.717, 1.165) is 12.8 Å². The van der Waals surface area contributed by atoms with Crippen molar-refractivity contribution in [3.63, 3.8) is 0 Å². The second kappa shape index (κ2) is 4.67. The number of hydrogen-bond donors (Lipinski definition) is 0. The monoisotopic (exact) mass is 220 g/mol. The smallest absolute Gasteiger partial charge is 0.286 e. The first kappa shape index (κ1) is 12.7. The van der Waals surface area contributed by atoms with Crippen LogP contribution in [0.4, 0.5) is 0 Å². The molecule has 0 aliphatic heterocycles. The first-order chi connectivity index (χ1) is 7.41. The highest BCUT2D eigenvalue weighted by Gasteiger charge is 2.42. The van der Waals surface area contributed by atoms with Crippen LogP contribution in [0.3, 0.4) is 0 Å². The molecule has 0 aromatic heterocycles. The average Bonchev–Trinajstić information content (AvgIpc) is 2.12. The Hall–Kier alpha value is -1.33. The van der Waals surface area contributed by atoms with E-state index >= 15 is 0 Å². The topological polar surface area (TPSA) is 62.4 Å². The third-order valence-electron chi connectivity index (χ3n) is 2.92. The summed E-state index contributed by atoms with van der Waals surface area (Å²) in [5.41, 5.74) is -0.263. The minimum atomic E-state index is -0.319. The Morgan fingerprint density at radius 2 is 2.06 bits per heavy atom. The lowest BCUT2D eigenvalue weighted by Gasteiger charge is -2.43. The second-order valence-electron chi connectivity index (χ2n) is 5.46. The van der Waals surface area contributed by atoms with Gasteiger partial charge in [0.15, 0.2) is 0 Å². The van der Waals surface area contributed by atoms with Crippen molar-refractivity contribution in [2.75, 3.05) is 0 Å². The lowest BCUT2D eigenvalue weighted by molar-refractivity contribution is 0.00250. The van der Waals surface area contributed by atoms with Crippen molar-refractivity contribution in [1.82, 2.24) is 0 Å². The van der Waals surface area contributed by atoms with Crippen LogP contribution in [0.25, 0.3) is 0 Å². The molecule has 4 heteroatoms. The van der Waals surface area contributed by atoms with Crippen LogP contribution in [-0.2, 0) is 9.53 Å². The molecule has 1 saturated carbocycles. The van der Waals surface area contributed by atoms with Gasteiger partial charge in [0.1, 0.15) is 12.6 Å².